The number of alkyl halides is 3. The van der Waals surface area contributed by atoms with Gasteiger partial charge in [0.25, 0.3) is 0 Å². The van der Waals surface area contributed by atoms with Gasteiger partial charge in [-0.25, -0.2) is 9.78 Å². The summed E-state index contributed by atoms with van der Waals surface area (Å²) in [6, 6.07) is -0.298. The number of aromatic nitrogens is 4. The summed E-state index contributed by atoms with van der Waals surface area (Å²) in [5, 5.41) is 35.0. The van der Waals surface area contributed by atoms with Crippen LogP contribution in [0.4, 0.5) is 24.9 Å². The van der Waals surface area contributed by atoms with E-state index in [2.05, 4.69) is 53.4 Å². The molecule has 13 nitrogen and oxygen atoms in total. The minimum atomic E-state index is -5.08. The molecule has 0 unspecified atom stereocenters. The van der Waals surface area contributed by atoms with E-state index in [1.54, 1.807) is 13.3 Å². The van der Waals surface area contributed by atoms with E-state index >= 15 is 0 Å². The summed E-state index contributed by atoms with van der Waals surface area (Å²) in [4.78, 5) is 39.7. The molecule has 236 valence electrons. The van der Waals surface area contributed by atoms with Crippen molar-refractivity contribution in [3.8, 4) is 0 Å². The van der Waals surface area contributed by atoms with Gasteiger partial charge in [0, 0.05) is 31.6 Å². The minimum Gasteiger partial charge on any atom is -0.475 e. The van der Waals surface area contributed by atoms with Crippen LogP contribution >= 0.6 is 0 Å². The van der Waals surface area contributed by atoms with E-state index < -0.39 is 36.4 Å². The number of halogens is 3. The van der Waals surface area contributed by atoms with E-state index in [0.717, 1.165) is 32.4 Å². The van der Waals surface area contributed by atoms with Gasteiger partial charge in [-0.3, -0.25) is 4.79 Å². The number of anilines is 2. The number of carboxylic acids is 1. The van der Waals surface area contributed by atoms with Crippen molar-refractivity contribution in [2.75, 3.05) is 37.4 Å². The minimum absolute atomic E-state index is 0.150. The number of hydrogen-bond donors (Lipinski definition) is 5. The Bertz CT molecular complexity index is 1220. The summed E-state index contributed by atoms with van der Waals surface area (Å²) in [6.07, 6.45) is -1.87. The number of likely N-dealkylation sites (N-methyl/N-ethyl adjacent to an activating group) is 1. The number of carboxylic acid groups (broad SMARTS) is 1. The number of aliphatic hydroxyl groups excluding tert-OH is 2. The van der Waals surface area contributed by atoms with Crippen LogP contribution < -0.4 is 15.5 Å². The molecule has 5 N–H and O–H groups in total. The third kappa shape index (κ3) is 7.58. The quantitative estimate of drug-likeness (QED) is 0.284. The maximum Gasteiger partial charge on any atom is 0.490 e. The Labute approximate surface area is 242 Å². The third-order valence-corrected chi connectivity index (χ3v) is 7.83. The molecule has 1 saturated carbocycles. The fraction of sp³-hybridized carbons (Fsp3) is 0.731. The average Bonchev–Trinajstić information content (AvgIpc) is 3.66. The molecule has 2 fully saturated rings. The maximum atomic E-state index is 11.9. The monoisotopic (exact) mass is 602 g/mol. The second kappa shape index (κ2) is 13.8. The zero-order valence-electron chi connectivity index (χ0n) is 24.5. The van der Waals surface area contributed by atoms with Gasteiger partial charge in [-0.2, -0.15) is 23.1 Å². The largest absolute Gasteiger partial charge is 0.490 e. The first-order valence-electron chi connectivity index (χ1n) is 14.1. The highest BCUT2D eigenvalue weighted by molar-refractivity contribution is 5.84. The van der Waals surface area contributed by atoms with Gasteiger partial charge in [-0.05, 0) is 39.8 Å². The van der Waals surface area contributed by atoms with Crippen LogP contribution in [0.5, 0.6) is 0 Å². The number of aliphatic carboxylic acids is 1. The highest BCUT2D eigenvalue weighted by Crippen LogP contribution is 2.35. The van der Waals surface area contributed by atoms with Gasteiger partial charge in [-0.15, -0.1) is 0 Å². The van der Waals surface area contributed by atoms with Gasteiger partial charge < -0.3 is 40.3 Å². The molecule has 1 aliphatic heterocycles. The number of amides is 1. The Morgan fingerprint density at radius 1 is 1.14 bits per heavy atom. The molecule has 0 radical (unpaired) electrons. The lowest BCUT2D eigenvalue weighted by Crippen LogP contribution is -2.42. The summed E-state index contributed by atoms with van der Waals surface area (Å²) in [5.41, 5.74) is 1.27. The molecule has 1 aliphatic carbocycles. The van der Waals surface area contributed by atoms with Crippen LogP contribution in [-0.2, 0) is 9.59 Å². The van der Waals surface area contributed by atoms with Crippen LogP contribution in [0, 0.1) is 0 Å². The van der Waals surface area contributed by atoms with E-state index in [1.165, 1.54) is 0 Å². The Balaban J connectivity index is 0.000000616. The number of fused-ring (bicyclic) bond motifs is 1. The zero-order valence-corrected chi connectivity index (χ0v) is 24.5. The Hall–Kier alpha value is -3.24. The van der Waals surface area contributed by atoms with Crippen molar-refractivity contribution in [3.05, 3.63) is 6.33 Å². The first-order chi connectivity index (χ1) is 19.7. The number of hydrogen-bond acceptors (Lipinski definition) is 10. The predicted octanol–water partition coefficient (Wildman–Crippen LogP) is 1.76. The highest BCUT2D eigenvalue weighted by atomic mass is 19.4. The average molecular weight is 603 g/mol. The molecule has 5 atom stereocenters. The third-order valence-electron chi connectivity index (χ3n) is 7.83. The Kier molecular flexibility index (Phi) is 10.9. The molecular formula is C26H41F3N8O5. The van der Waals surface area contributed by atoms with E-state index in [-0.39, 0.29) is 11.9 Å². The zero-order chi connectivity index (χ0) is 31.4. The normalized spacial score (nSPS) is 24.3. The molecule has 0 bridgehead atoms. The number of nitrogens with zero attached hydrogens (tertiary/aromatic N) is 6. The van der Waals surface area contributed by atoms with Crippen molar-refractivity contribution in [1.29, 1.82) is 0 Å². The lowest BCUT2D eigenvalue weighted by Gasteiger charge is -2.23. The topological polar surface area (TPSA) is 169 Å². The van der Waals surface area contributed by atoms with Gasteiger partial charge >= 0.3 is 12.1 Å². The second-order valence-electron chi connectivity index (χ2n) is 10.8. The fourth-order valence-electron chi connectivity index (χ4n) is 5.16. The first kappa shape index (κ1) is 33.3. The number of imidazole rings is 1. The molecule has 1 amide bonds. The molecule has 1 saturated heterocycles. The summed E-state index contributed by atoms with van der Waals surface area (Å²) >= 11 is 0. The predicted molar refractivity (Wildman–Crippen MR) is 149 cm³/mol. The van der Waals surface area contributed by atoms with Gasteiger partial charge in [-0.1, -0.05) is 20.8 Å². The van der Waals surface area contributed by atoms with Crippen molar-refractivity contribution < 1.29 is 38.1 Å². The van der Waals surface area contributed by atoms with Gasteiger partial charge in [0.1, 0.15) is 12.2 Å². The summed E-state index contributed by atoms with van der Waals surface area (Å²) in [7, 11) is 4.18. The van der Waals surface area contributed by atoms with Crippen molar-refractivity contribution in [3.63, 3.8) is 0 Å². The van der Waals surface area contributed by atoms with Gasteiger partial charge in [0.2, 0.25) is 11.9 Å². The Morgan fingerprint density at radius 3 is 2.31 bits per heavy atom. The fourth-order valence-corrected chi connectivity index (χ4v) is 5.16. The van der Waals surface area contributed by atoms with Crippen LogP contribution in [0.2, 0.25) is 0 Å². The second-order valence-corrected chi connectivity index (χ2v) is 10.8. The lowest BCUT2D eigenvalue weighted by atomic mass is 10.2. The van der Waals surface area contributed by atoms with Crippen LogP contribution in [-0.4, -0.2) is 115 Å². The van der Waals surface area contributed by atoms with Crippen molar-refractivity contribution >= 4 is 34.8 Å². The summed E-state index contributed by atoms with van der Waals surface area (Å²) in [6.45, 7) is 7.75. The number of nitrogens with one attached hydrogen (secondary N) is 2. The highest BCUT2D eigenvalue weighted by Gasteiger charge is 2.44. The summed E-state index contributed by atoms with van der Waals surface area (Å²) < 4.78 is 33.6. The van der Waals surface area contributed by atoms with Crippen LogP contribution in [0.3, 0.4) is 0 Å². The molecule has 0 aromatic carbocycles. The molecule has 2 aromatic rings. The van der Waals surface area contributed by atoms with E-state index in [4.69, 9.17) is 19.9 Å². The molecule has 42 heavy (non-hydrogen) atoms. The van der Waals surface area contributed by atoms with E-state index in [0.29, 0.717) is 41.8 Å². The maximum absolute atomic E-state index is 11.9. The Morgan fingerprint density at radius 2 is 1.79 bits per heavy atom. The van der Waals surface area contributed by atoms with Gasteiger partial charge in [0.15, 0.2) is 17.0 Å². The molecule has 2 aliphatic rings. The SMILES string of the molecule is CCC(=O)N[C@H]1C[C@@H](n2cnc3c(NC(CC)CC)nc(N4CC[C@@H](N(C)C)C4)nc32)[C@H](O)[C@@H]1O.O=C(O)C(F)(F)F. The molecule has 0 spiro atoms. The van der Waals surface area contributed by atoms with Crippen molar-refractivity contribution in [1.82, 2.24) is 29.7 Å². The van der Waals surface area contributed by atoms with Crippen LogP contribution in [0.15, 0.2) is 6.33 Å². The molecule has 16 heteroatoms. The van der Waals surface area contributed by atoms with Gasteiger partial charge in [0.05, 0.1) is 18.4 Å². The number of rotatable bonds is 9. The smallest absolute Gasteiger partial charge is 0.475 e. The van der Waals surface area contributed by atoms with Crippen LogP contribution in [0.1, 0.15) is 58.9 Å². The first-order valence-corrected chi connectivity index (χ1v) is 14.1. The molecule has 4 rings (SSSR count). The summed E-state index contributed by atoms with van der Waals surface area (Å²) in [5.74, 6) is -1.58. The van der Waals surface area contributed by atoms with Crippen molar-refractivity contribution in [2.24, 2.45) is 0 Å². The van der Waals surface area contributed by atoms with E-state index in [9.17, 15) is 28.2 Å². The molecular weight excluding hydrogens is 561 g/mol. The van der Waals surface area contributed by atoms with E-state index in [1.807, 2.05) is 4.57 Å². The molecule has 3 heterocycles. The van der Waals surface area contributed by atoms with Crippen LogP contribution in [0.25, 0.3) is 11.2 Å². The van der Waals surface area contributed by atoms with Crippen molar-refractivity contribution in [2.45, 2.75) is 95.4 Å². The number of carbonyl (C=O) groups is 2. The lowest BCUT2D eigenvalue weighted by molar-refractivity contribution is -0.192. The number of aliphatic hydroxyl groups is 2. The molecule has 2 aromatic heterocycles. The standard InChI is InChI=1S/C24H40N8O3.C2HF3O2/c1-6-14(7-2)26-22-19-23(29-24(28-22)31-10-9-15(12-31)30(4)5)32(13-25-19)17-11-16(20(34)21(17)35)27-18(33)8-3;3-2(4,5)1(6)7/h13-17,20-21,34-35H,6-12H2,1-5H3,(H,27,33)(H,26,28,29);(H,6,7)/t15-,16+,17-,20-,21+;/m1./s1. The number of carbonyl (C=O) groups excluding carboxylic acids is 1.